The first kappa shape index (κ1) is 26.2. The van der Waals surface area contributed by atoms with Crippen molar-refractivity contribution < 1.29 is 24.1 Å². The van der Waals surface area contributed by atoms with Gasteiger partial charge in [-0.25, -0.2) is 0 Å². The van der Waals surface area contributed by atoms with Crippen LogP contribution in [-0.4, -0.2) is 45.3 Å². The van der Waals surface area contributed by atoms with E-state index in [0.717, 1.165) is 41.0 Å². The number of hydrogen-bond donors (Lipinski definition) is 2. The highest BCUT2D eigenvalue weighted by molar-refractivity contribution is 6.30. The van der Waals surface area contributed by atoms with E-state index in [1.807, 2.05) is 42.5 Å². The van der Waals surface area contributed by atoms with Crippen molar-refractivity contribution in [3.8, 4) is 17.2 Å². The average Bonchev–Trinajstić information content (AvgIpc) is 3.59. The number of para-hydroxylation sites is 1. The molecule has 0 bridgehead atoms. The Labute approximate surface area is 219 Å². The predicted molar refractivity (Wildman–Crippen MR) is 139 cm³/mol. The summed E-state index contributed by atoms with van der Waals surface area (Å²) in [5.41, 5.74) is 4.83. The Bertz CT molecular complexity index is 1340. The molecule has 0 amide bonds. The number of aliphatic carboxylic acids is 1. The van der Waals surface area contributed by atoms with Crippen molar-refractivity contribution in [2.24, 2.45) is 0 Å². The number of aromatic nitrogens is 4. The molecule has 0 saturated heterocycles. The third-order valence-corrected chi connectivity index (χ3v) is 6.32. The van der Waals surface area contributed by atoms with Crippen LogP contribution >= 0.6 is 11.6 Å². The summed E-state index contributed by atoms with van der Waals surface area (Å²) in [4.78, 5) is 9.37. The highest BCUT2D eigenvalue weighted by atomic mass is 35.5. The predicted octanol–water partition coefficient (Wildman–Crippen LogP) is 5.54. The Balaban J connectivity index is 0.000000586. The third kappa shape index (κ3) is 5.79. The van der Waals surface area contributed by atoms with Crippen molar-refractivity contribution >= 4 is 17.6 Å². The number of H-pyrrole nitrogens is 1. The monoisotopic (exact) mass is 524 g/mol. The molecule has 4 aromatic rings. The van der Waals surface area contributed by atoms with E-state index in [-0.39, 0.29) is 12.5 Å². The molecule has 2 aromatic heterocycles. The van der Waals surface area contributed by atoms with Crippen LogP contribution in [0.15, 0.2) is 60.9 Å². The fourth-order valence-electron chi connectivity index (χ4n) is 4.34. The first-order chi connectivity index (χ1) is 18.0. The maximum absolute atomic E-state index is 9.37. The minimum Gasteiger partial charge on any atom is -0.493 e. The van der Waals surface area contributed by atoms with Crippen molar-refractivity contribution in [2.45, 2.75) is 38.4 Å². The molecule has 0 unspecified atom stereocenters. The Kier molecular flexibility index (Phi) is 8.47. The van der Waals surface area contributed by atoms with Crippen molar-refractivity contribution in [3.05, 3.63) is 88.5 Å². The lowest BCUT2D eigenvalue weighted by molar-refractivity contribution is -0.136. The summed E-state index contributed by atoms with van der Waals surface area (Å²) < 4.78 is 20.3. The maximum atomic E-state index is 9.37. The van der Waals surface area contributed by atoms with Crippen molar-refractivity contribution in [1.82, 2.24) is 20.0 Å². The number of carboxylic acid groups (broad SMARTS) is 1. The van der Waals surface area contributed by atoms with Gasteiger partial charge in [-0.1, -0.05) is 30.7 Å². The number of nitrogens with one attached hydrogen (secondary N) is 1. The number of aryl methyl sites for hydroxylation is 1. The molecule has 10 heteroatoms. The molecule has 2 aromatic carbocycles. The van der Waals surface area contributed by atoms with Crippen LogP contribution in [0, 0.1) is 0 Å². The van der Waals surface area contributed by atoms with Gasteiger partial charge in [0.1, 0.15) is 6.10 Å². The number of carboxylic acids is 1. The fourth-order valence-corrected chi connectivity index (χ4v) is 4.52. The summed E-state index contributed by atoms with van der Waals surface area (Å²) in [7, 11) is 3.27. The van der Waals surface area contributed by atoms with Crippen molar-refractivity contribution in [3.63, 3.8) is 0 Å². The molecule has 0 aliphatic carbocycles. The van der Waals surface area contributed by atoms with E-state index in [9.17, 15) is 4.79 Å². The Morgan fingerprint density at radius 2 is 1.97 bits per heavy atom. The van der Waals surface area contributed by atoms with Gasteiger partial charge in [-0.15, -0.1) is 0 Å². The zero-order chi connectivity index (χ0) is 26.4. The number of benzene rings is 2. The van der Waals surface area contributed by atoms with Crippen LogP contribution in [0.3, 0.4) is 0 Å². The molecule has 194 valence electrons. The van der Waals surface area contributed by atoms with Crippen LogP contribution in [0.1, 0.15) is 54.5 Å². The van der Waals surface area contributed by atoms with Crippen LogP contribution in [0.25, 0.3) is 5.69 Å². The maximum Gasteiger partial charge on any atom is 0.303 e. The largest absolute Gasteiger partial charge is 0.493 e. The van der Waals surface area contributed by atoms with Gasteiger partial charge in [-0.3, -0.25) is 4.79 Å². The SMILES string of the molecule is CCC(=O)O.COc1cccc([C@H]2O[C@H](CCc3cn[nH]n3)c3cccn3-c3ccc(Cl)cc32)c1OC. The average molecular weight is 525 g/mol. The number of methoxy groups -OCH3 is 2. The number of halogens is 1. The lowest BCUT2D eigenvalue weighted by Gasteiger charge is -2.25. The van der Waals surface area contributed by atoms with Gasteiger partial charge in [0.05, 0.1) is 43.6 Å². The van der Waals surface area contributed by atoms with E-state index in [1.165, 1.54) is 0 Å². The molecule has 1 aliphatic heterocycles. The molecule has 2 N–H and O–H groups in total. The second-order valence-electron chi connectivity index (χ2n) is 8.34. The lowest BCUT2D eigenvalue weighted by Crippen LogP contribution is -2.13. The van der Waals surface area contributed by atoms with Crippen LogP contribution in [0.4, 0.5) is 0 Å². The first-order valence-electron chi connectivity index (χ1n) is 11.9. The molecule has 3 heterocycles. The number of ether oxygens (including phenoxy) is 3. The summed E-state index contributed by atoms with van der Waals surface area (Å²) in [5, 5.41) is 19.2. The van der Waals surface area contributed by atoms with Crippen LogP contribution in [0.2, 0.25) is 5.02 Å². The number of rotatable bonds is 7. The summed E-state index contributed by atoms with van der Waals surface area (Å²) in [6.45, 7) is 1.60. The third-order valence-electron chi connectivity index (χ3n) is 6.09. The number of carbonyl (C=O) groups is 1. The van der Waals surface area contributed by atoms with E-state index in [0.29, 0.717) is 16.5 Å². The minimum absolute atomic E-state index is 0.186. The zero-order valence-corrected chi connectivity index (χ0v) is 21.6. The van der Waals surface area contributed by atoms with Crippen LogP contribution < -0.4 is 9.47 Å². The molecule has 9 nitrogen and oxygen atoms in total. The molecule has 2 atom stereocenters. The van der Waals surface area contributed by atoms with E-state index < -0.39 is 12.1 Å². The Hall–Kier alpha value is -3.82. The Morgan fingerprint density at radius 3 is 2.65 bits per heavy atom. The fraction of sp³-hybridized carbons (Fsp3) is 0.296. The van der Waals surface area contributed by atoms with Crippen LogP contribution in [-0.2, 0) is 16.0 Å². The van der Waals surface area contributed by atoms with E-state index in [2.05, 4.69) is 32.2 Å². The van der Waals surface area contributed by atoms with Crippen molar-refractivity contribution in [2.75, 3.05) is 14.2 Å². The van der Waals surface area contributed by atoms with Crippen LogP contribution in [0.5, 0.6) is 11.5 Å². The van der Waals surface area contributed by atoms with Gasteiger partial charge < -0.3 is 23.9 Å². The van der Waals surface area contributed by atoms with Gasteiger partial charge in [0.2, 0.25) is 0 Å². The number of nitrogens with zero attached hydrogens (tertiary/aromatic N) is 3. The highest BCUT2D eigenvalue weighted by Gasteiger charge is 2.32. The molecule has 5 rings (SSSR count). The normalized spacial score (nSPS) is 16.0. The Morgan fingerprint density at radius 1 is 1.16 bits per heavy atom. The van der Waals surface area contributed by atoms with Gasteiger partial charge in [-0.2, -0.15) is 15.4 Å². The second-order valence-corrected chi connectivity index (χ2v) is 8.78. The summed E-state index contributed by atoms with van der Waals surface area (Å²) in [6, 6.07) is 15.9. The number of fused-ring (bicyclic) bond motifs is 3. The summed E-state index contributed by atoms with van der Waals surface area (Å²) >= 11 is 6.44. The molecule has 0 spiro atoms. The molecule has 37 heavy (non-hydrogen) atoms. The smallest absolute Gasteiger partial charge is 0.303 e. The lowest BCUT2D eigenvalue weighted by atomic mass is 9.98. The summed E-state index contributed by atoms with van der Waals surface area (Å²) in [6.07, 6.45) is 4.89. The van der Waals surface area contributed by atoms with Gasteiger partial charge in [0.25, 0.3) is 0 Å². The molecule has 1 aliphatic rings. The topological polar surface area (TPSA) is 111 Å². The number of aromatic amines is 1. The van der Waals surface area contributed by atoms with Gasteiger partial charge >= 0.3 is 5.97 Å². The minimum atomic E-state index is -0.745. The van der Waals surface area contributed by atoms with Gasteiger partial charge in [0.15, 0.2) is 11.5 Å². The van der Waals surface area contributed by atoms with E-state index >= 15 is 0 Å². The summed E-state index contributed by atoms with van der Waals surface area (Å²) in [5.74, 6) is 0.554. The van der Waals surface area contributed by atoms with Gasteiger partial charge in [0, 0.05) is 28.8 Å². The quantitative estimate of drug-likeness (QED) is 0.326. The molecule has 0 radical (unpaired) electrons. The van der Waals surface area contributed by atoms with E-state index in [1.54, 1.807) is 27.3 Å². The molecule has 0 saturated carbocycles. The first-order valence-corrected chi connectivity index (χ1v) is 12.2. The second kappa shape index (κ2) is 11.9. The molecule has 0 fully saturated rings. The van der Waals surface area contributed by atoms with Gasteiger partial charge in [-0.05, 0) is 49.2 Å². The molecular weight excluding hydrogens is 496 g/mol. The standard InChI is InChI=1S/C24H23ClN4O3.C3H6O2/c1-30-22-7-3-5-17(24(22)31-2)23-18-13-15(25)8-10-19(18)29-12-4-6-20(29)21(32-23)11-9-16-14-26-28-27-16;1-2-3(4)5/h3-8,10,12-14,21,23H,9,11H2,1-2H3,(H,26,27,28);2H2,1H3,(H,4,5)/t21-,23-;/m1./s1. The van der Waals surface area contributed by atoms with E-state index in [4.69, 9.17) is 30.9 Å². The number of hydrogen-bond acceptors (Lipinski definition) is 6. The van der Waals surface area contributed by atoms with Crippen molar-refractivity contribution in [1.29, 1.82) is 0 Å². The molecular formula is C27H29ClN4O5. The zero-order valence-electron chi connectivity index (χ0n) is 20.8. The highest BCUT2D eigenvalue weighted by Crippen LogP contribution is 2.46.